The van der Waals surface area contributed by atoms with Crippen LogP contribution >= 0.6 is 11.6 Å². The average molecular weight is 348 g/mol. The van der Waals surface area contributed by atoms with Crippen molar-refractivity contribution in [2.75, 3.05) is 13.1 Å². The molecule has 1 unspecified atom stereocenters. The molecule has 1 aromatic carbocycles. The smallest absolute Gasteiger partial charge is 0.339 e. The minimum atomic E-state index is -1.15. The maximum atomic E-state index is 12.9. The van der Waals surface area contributed by atoms with Crippen molar-refractivity contribution in [3.05, 3.63) is 51.8 Å². The summed E-state index contributed by atoms with van der Waals surface area (Å²) in [7, 11) is 1.58. The molecular weight excluding hydrogens is 330 g/mol. The van der Waals surface area contributed by atoms with Crippen LogP contribution in [0, 0.1) is 0 Å². The Kier molecular flexibility index (Phi) is 4.32. The highest BCUT2D eigenvalue weighted by molar-refractivity contribution is 6.30. The first-order valence-corrected chi connectivity index (χ1v) is 8.09. The molecule has 2 heterocycles. The molecule has 0 saturated carbocycles. The molecule has 3 rings (SSSR count). The third kappa shape index (κ3) is 2.89. The number of carboxylic acids is 1. The third-order valence-corrected chi connectivity index (χ3v) is 4.68. The molecule has 1 atom stereocenters. The highest BCUT2D eigenvalue weighted by Gasteiger charge is 2.29. The quantitative estimate of drug-likeness (QED) is 0.906. The summed E-state index contributed by atoms with van der Waals surface area (Å²) in [6.45, 7) is 3.08. The van der Waals surface area contributed by atoms with Gasteiger partial charge in [0, 0.05) is 25.2 Å². The number of fused-ring (bicyclic) bond motifs is 1. The van der Waals surface area contributed by atoms with Crippen LogP contribution in [0.15, 0.2) is 24.4 Å². The van der Waals surface area contributed by atoms with Gasteiger partial charge >= 0.3 is 5.97 Å². The van der Waals surface area contributed by atoms with Crippen LogP contribution in [-0.4, -0.2) is 44.8 Å². The molecular formula is C17H18ClN3O3. The number of carboxylic acid groups (broad SMARTS) is 1. The van der Waals surface area contributed by atoms with Gasteiger partial charge in [-0.3, -0.25) is 9.48 Å². The zero-order chi connectivity index (χ0) is 17.4. The van der Waals surface area contributed by atoms with Crippen LogP contribution in [0.1, 0.15) is 44.8 Å². The average Bonchev–Trinajstić information content (AvgIpc) is 2.85. The van der Waals surface area contributed by atoms with E-state index in [0.29, 0.717) is 24.5 Å². The lowest BCUT2D eigenvalue weighted by atomic mass is 9.95. The number of benzene rings is 1. The minimum absolute atomic E-state index is 0.0695. The molecule has 1 aliphatic heterocycles. The summed E-state index contributed by atoms with van der Waals surface area (Å²) in [6, 6.07) is 5.80. The zero-order valence-electron chi connectivity index (χ0n) is 13.5. The van der Waals surface area contributed by atoms with Crippen molar-refractivity contribution in [1.29, 1.82) is 0 Å². The van der Waals surface area contributed by atoms with Crippen LogP contribution < -0.4 is 0 Å². The summed E-state index contributed by atoms with van der Waals surface area (Å²) in [6.07, 6.45) is 1.92. The molecule has 0 bridgehead atoms. The van der Waals surface area contributed by atoms with Gasteiger partial charge in [-0.1, -0.05) is 24.6 Å². The Morgan fingerprint density at radius 2 is 2.12 bits per heavy atom. The van der Waals surface area contributed by atoms with Crippen LogP contribution in [0.4, 0.5) is 0 Å². The molecule has 24 heavy (non-hydrogen) atoms. The van der Waals surface area contributed by atoms with E-state index in [9.17, 15) is 14.7 Å². The second kappa shape index (κ2) is 6.28. The molecule has 1 amide bonds. The second-order valence-corrected chi connectivity index (χ2v) is 6.52. The van der Waals surface area contributed by atoms with Crippen LogP contribution in [0.2, 0.25) is 5.02 Å². The first-order chi connectivity index (χ1) is 11.4. The number of nitrogens with zero attached hydrogens (tertiary/aromatic N) is 3. The van der Waals surface area contributed by atoms with Crippen molar-refractivity contribution < 1.29 is 14.7 Å². The third-order valence-electron chi connectivity index (χ3n) is 4.44. The maximum Gasteiger partial charge on any atom is 0.339 e. The molecule has 0 spiro atoms. The lowest BCUT2D eigenvalue weighted by Crippen LogP contribution is -2.36. The summed E-state index contributed by atoms with van der Waals surface area (Å²) < 4.78 is 1.32. The highest BCUT2D eigenvalue weighted by atomic mass is 35.5. The summed E-state index contributed by atoms with van der Waals surface area (Å²) in [5, 5.41) is 13.9. The number of aromatic carboxylic acids is 1. The highest BCUT2D eigenvalue weighted by Crippen LogP contribution is 2.28. The molecule has 1 N–H and O–H groups in total. The van der Waals surface area contributed by atoms with Crippen LogP contribution in [-0.2, 0) is 13.5 Å². The predicted molar refractivity (Wildman–Crippen MR) is 89.6 cm³/mol. The van der Waals surface area contributed by atoms with E-state index in [1.54, 1.807) is 11.9 Å². The molecule has 2 aromatic rings. The first kappa shape index (κ1) is 16.5. The van der Waals surface area contributed by atoms with Crippen LogP contribution in [0.3, 0.4) is 0 Å². The topological polar surface area (TPSA) is 75.4 Å². The van der Waals surface area contributed by atoms with Gasteiger partial charge in [0.1, 0.15) is 11.3 Å². The van der Waals surface area contributed by atoms with E-state index in [2.05, 4.69) is 5.10 Å². The van der Waals surface area contributed by atoms with E-state index >= 15 is 0 Å². The Bertz CT molecular complexity index is 815. The van der Waals surface area contributed by atoms with Crippen LogP contribution in [0.5, 0.6) is 0 Å². The van der Waals surface area contributed by atoms with E-state index < -0.39 is 5.97 Å². The van der Waals surface area contributed by atoms with Crippen molar-refractivity contribution in [3.63, 3.8) is 0 Å². The van der Waals surface area contributed by atoms with Gasteiger partial charge in [0.2, 0.25) is 0 Å². The molecule has 0 radical (unpaired) electrons. The normalized spacial score (nSPS) is 17.3. The van der Waals surface area contributed by atoms with Gasteiger partial charge < -0.3 is 10.0 Å². The van der Waals surface area contributed by atoms with Crippen molar-refractivity contribution in [2.45, 2.75) is 19.3 Å². The number of rotatable bonds is 2. The molecule has 1 aliphatic rings. The Hall–Kier alpha value is -2.34. The fraction of sp³-hybridized carbons (Fsp3) is 0.353. The SMILES string of the molecule is CC1CN(C(=O)c2c(C(=O)O)cnn2C)CCc2ccc(Cl)cc21. The monoisotopic (exact) mass is 347 g/mol. The van der Waals surface area contributed by atoms with Gasteiger partial charge in [0.15, 0.2) is 0 Å². The Balaban J connectivity index is 1.91. The number of amides is 1. The van der Waals surface area contributed by atoms with Crippen molar-refractivity contribution >= 4 is 23.5 Å². The van der Waals surface area contributed by atoms with Crippen molar-refractivity contribution in [1.82, 2.24) is 14.7 Å². The van der Waals surface area contributed by atoms with Gasteiger partial charge in [0.05, 0.1) is 6.20 Å². The summed E-state index contributed by atoms with van der Waals surface area (Å²) in [5.74, 6) is -1.34. The Labute approximate surface area is 144 Å². The van der Waals surface area contributed by atoms with Gasteiger partial charge in [0.25, 0.3) is 5.91 Å². The number of carbonyl (C=O) groups excluding carboxylic acids is 1. The molecule has 126 valence electrons. The number of halogens is 1. The number of carbonyl (C=O) groups is 2. The van der Waals surface area contributed by atoms with Crippen molar-refractivity contribution in [2.24, 2.45) is 7.05 Å². The largest absolute Gasteiger partial charge is 0.478 e. The fourth-order valence-electron chi connectivity index (χ4n) is 3.21. The molecule has 0 aliphatic carbocycles. The maximum absolute atomic E-state index is 12.9. The van der Waals surface area contributed by atoms with Crippen molar-refractivity contribution in [3.8, 4) is 0 Å². The Morgan fingerprint density at radius 1 is 1.38 bits per heavy atom. The van der Waals surface area contributed by atoms with E-state index in [1.807, 2.05) is 25.1 Å². The van der Waals surface area contributed by atoms with Gasteiger partial charge in [-0.05, 0) is 35.6 Å². The lowest BCUT2D eigenvalue weighted by Gasteiger charge is -2.23. The fourth-order valence-corrected chi connectivity index (χ4v) is 3.39. The first-order valence-electron chi connectivity index (χ1n) is 7.71. The predicted octanol–water partition coefficient (Wildman–Crippen LogP) is 2.57. The van der Waals surface area contributed by atoms with Gasteiger partial charge in [-0.25, -0.2) is 4.79 Å². The molecule has 0 fully saturated rings. The zero-order valence-corrected chi connectivity index (χ0v) is 14.2. The Morgan fingerprint density at radius 3 is 2.83 bits per heavy atom. The minimum Gasteiger partial charge on any atom is -0.478 e. The number of hydrogen-bond acceptors (Lipinski definition) is 3. The van der Waals surface area contributed by atoms with E-state index in [-0.39, 0.29) is 23.1 Å². The van der Waals surface area contributed by atoms with E-state index in [1.165, 1.54) is 16.4 Å². The number of hydrogen-bond donors (Lipinski definition) is 1. The van der Waals surface area contributed by atoms with Crippen LogP contribution in [0.25, 0.3) is 0 Å². The van der Waals surface area contributed by atoms with Gasteiger partial charge in [-0.2, -0.15) is 5.10 Å². The van der Waals surface area contributed by atoms with E-state index in [4.69, 9.17) is 11.6 Å². The second-order valence-electron chi connectivity index (χ2n) is 6.08. The number of aryl methyl sites for hydroxylation is 1. The molecule has 1 aromatic heterocycles. The molecule has 7 heteroatoms. The summed E-state index contributed by atoms with van der Waals surface area (Å²) in [5.41, 5.74) is 2.35. The van der Waals surface area contributed by atoms with Gasteiger partial charge in [-0.15, -0.1) is 0 Å². The molecule has 0 saturated heterocycles. The summed E-state index contributed by atoms with van der Waals surface area (Å²) >= 11 is 6.09. The van der Waals surface area contributed by atoms with E-state index in [0.717, 1.165) is 5.56 Å². The number of aromatic nitrogens is 2. The lowest BCUT2D eigenvalue weighted by molar-refractivity contribution is 0.0671. The molecule has 6 nitrogen and oxygen atoms in total. The standard InChI is InChI=1S/C17H18ClN3O3/c1-10-9-21(6-5-11-3-4-12(18)7-13(10)11)16(22)15-14(17(23)24)8-19-20(15)2/h3-4,7-8,10H,5-6,9H2,1-2H3,(H,23,24). The summed E-state index contributed by atoms with van der Waals surface area (Å²) in [4.78, 5) is 25.9.